The smallest absolute Gasteiger partial charge is 0.142 e. The lowest BCUT2D eigenvalue weighted by Gasteiger charge is -2.19. The zero-order chi connectivity index (χ0) is 29.7. The molecule has 8 aromatic rings. The van der Waals surface area contributed by atoms with Crippen LogP contribution in [0.3, 0.4) is 0 Å². The molecule has 7 aromatic carbocycles. The molecule has 0 N–H and O–H groups in total. The van der Waals surface area contributed by atoms with Crippen molar-refractivity contribution in [3.8, 4) is 44.7 Å². The standard InChI is InChI=1S/C44H30O/c1-2-14-32(15-3-1)44-42(39-22-10-11-24-40(39)45-44)31-27-25-30(26-28-31)41-35-18-6-8-20-37(35)43(38-21-9-7-19-36(38)41)34-23-12-16-29-13-4-5-17-33(29)34/h1-9,11-21,23-28H,10,22H2. The summed E-state index contributed by atoms with van der Waals surface area (Å²) in [5.41, 5.74) is 9.89. The van der Waals surface area contributed by atoms with Crippen molar-refractivity contribution in [2.24, 2.45) is 0 Å². The van der Waals surface area contributed by atoms with Crippen LogP contribution >= 0.6 is 0 Å². The Balaban J connectivity index is 1.26. The number of hydrogen-bond donors (Lipinski definition) is 0. The van der Waals surface area contributed by atoms with Crippen LogP contribution in [-0.2, 0) is 6.42 Å². The minimum atomic E-state index is 0.954. The van der Waals surface area contributed by atoms with Crippen molar-refractivity contribution in [1.29, 1.82) is 0 Å². The zero-order valence-electron chi connectivity index (χ0n) is 24.8. The van der Waals surface area contributed by atoms with E-state index >= 15 is 0 Å². The normalized spacial score (nSPS) is 12.6. The highest BCUT2D eigenvalue weighted by Gasteiger charge is 2.23. The molecule has 1 aromatic heterocycles. The zero-order valence-corrected chi connectivity index (χ0v) is 24.8. The molecule has 0 saturated carbocycles. The fraction of sp³-hybridized carbons (Fsp3) is 0.0455. The van der Waals surface area contributed by atoms with Gasteiger partial charge in [-0.3, -0.25) is 0 Å². The van der Waals surface area contributed by atoms with Gasteiger partial charge >= 0.3 is 0 Å². The van der Waals surface area contributed by atoms with E-state index in [9.17, 15) is 0 Å². The fourth-order valence-corrected chi connectivity index (χ4v) is 7.36. The van der Waals surface area contributed by atoms with E-state index in [4.69, 9.17) is 4.42 Å². The van der Waals surface area contributed by atoms with E-state index in [0.29, 0.717) is 0 Å². The summed E-state index contributed by atoms with van der Waals surface area (Å²) in [4.78, 5) is 0. The number of furan rings is 1. The van der Waals surface area contributed by atoms with Crippen LogP contribution < -0.4 is 0 Å². The molecule has 0 fully saturated rings. The summed E-state index contributed by atoms with van der Waals surface area (Å²) >= 11 is 0. The largest absolute Gasteiger partial charge is 0.456 e. The topological polar surface area (TPSA) is 13.1 Å². The number of fused-ring (bicyclic) bond motifs is 4. The Hall–Kier alpha value is -5.66. The predicted molar refractivity (Wildman–Crippen MR) is 190 cm³/mol. The first-order valence-corrected chi connectivity index (χ1v) is 15.8. The van der Waals surface area contributed by atoms with E-state index in [1.165, 1.54) is 71.3 Å². The summed E-state index contributed by atoms with van der Waals surface area (Å²) in [7, 11) is 0. The molecular weight excluding hydrogens is 544 g/mol. The first kappa shape index (κ1) is 25.8. The van der Waals surface area contributed by atoms with Crippen molar-refractivity contribution >= 4 is 38.4 Å². The van der Waals surface area contributed by atoms with E-state index in [1.807, 2.05) is 0 Å². The van der Waals surface area contributed by atoms with Crippen LogP contribution in [0.25, 0.3) is 83.1 Å². The van der Waals surface area contributed by atoms with Crippen LogP contribution in [-0.4, -0.2) is 0 Å². The monoisotopic (exact) mass is 574 g/mol. The molecule has 1 aliphatic rings. The van der Waals surface area contributed by atoms with Gasteiger partial charge in [0.05, 0.1) is 0 Å². The second-order valence-electron chi connectivity index (χ2n) is 11.9. The highest BCUT2D eigenvalue weighted by molar-refractivity contribution is 6.23. The fourth-order valence-electron chi connectivity index (χ4n) is 7.36. The maximum atomic E-state index is 6.51. The van der Waals surface area contributed by atoms with Gasteiger partial charge in [-0.25, -0.2) is 0 Å². The maximum Gasteiger partial charge on any atom is 0.142 e. The van der Waals surface area contributed by atoms with Crippen LogP contribution in [0.4, 0.5) is 0 Å². The van der Waals surface area contributed by atoms with Gasteiger partial charge in [0.1, 0.15) is 11.5 Å². The SMILES string of the molecule is C1=Cc2oc(-c3ccccc3)c(-c3ccc(-c4c5ccccc5c(-c5cccc6ccccc56)c5ccccc45)cc3)c2CC1. The Morgan fingerprint density at radius 2 is 0.978 bits per heavy atom. The van der Waals surface area contributed by atoms with Crippen LogP contribution in [0.15, 0.2) is 156 Å². The Kier molecular flexibility index (Phi) is 6.02. The number of hydrogen-bond acceptors (Lipinski definition) is 1. The molecule has 1 nitrogen and oxygen atoms in total. The first-order chi connectivity index (χ1) is 22.3. The van der Waals surface area contributed by atoms with E-state index in [2.05, 4.69) is 158 Å². The van der Waals surface area contributed by atoms with E-state index < -0.39 is 0 Å². The quantitative estimate of drug-likeness (QED) is 0.191. The third-order valence-electron chi connectivity index (χ3n) is 9.36. The summed E-state index contributed by atoms with van der Waals surface area (Å²) in [5, 5.41) is 7.61. The Labute approximate surface area is 262 Å². The van der Waals surface area contributed by atoms with Gasteiger partial charge < -0.3 is 4.42 Å². The molecular formula is C44H30O. The summed E-state index contributed by atoms with van der Waals surface area (Å²) in [5.74, 6) is 1.94. The van der Waals surface area contributed by atoms with Gasteiger partial charge in [0, 0.05) is 16.7 Å². The summed E-state index contributed by atoms with van der Waals surface area (Å²) in [6, 6.07) is 52.8. The predicted octanol–water partition coefficient (Wildman–Crippen LogP) is 12.4. The van der Waals surface area contributed by atoms with Gasteiger partial charge in [-0.05, 0) is 79.1 Å². The molecule has 1 aliphatic carbocycles. The maximum absolute atomic E-state index is 6.51. The van der Waals surface area contributed by atoms with Gasteiger partial charge in [-0.15, -0.1) is 0 Å². The van der Waals surface area contributed by atoms with E-state index in [0.717, 1.165) is 29.9 Å². The Bertz CT molecular complexity index is 2340. The summed E-state index contributed by atoms with van der Waals surface area (Å²) < 4.78 is 6.51. The minimum absolute atomic E-state index is 0.954. The first-order valence-electron chi connectivity index (χ1n) is 15.8. The molecule has 9 rings (SSSR count). The van der Waals surface area contributed by atoms with Crippen molar-refractivity contribution < 1.29 is 4.42 Å². The molecule has 45 heavy (non-hydrogen) atoms. The van der Waals surface area contributed by atoms with Gasteiger partial charge in [-0.2, -0.15) is 0 Å². The highest BCUT2D eigenvalue weighted by Crippen LogP contribution is 2.46. The Morgan fingerprint density at radius 1 is 0.422 bits per heavy atom. The molecule has 0 atom stereocenters. The molecule has 0 spiro atoms. The van der Waals surface area contributed by atoms with Crippen LogP contribution in [0.2, 0.25) is 0 Å². The lowest BCUT2D eigenvalue weighted by Crippen LogP contribution is -1.93. The average Bonchev–Trinajstić information content (AvgIpc) is 3.51. The van der Waals surface area contributed by atoms with Crippen LogP contribution in [0.1, 0.15) is 17.7 Å². The second-order valence-corrected chi connectivity index (χ2v) is 11.9. The van der Waals surface area contributed by atoms with Crippen LogP contribution in [0.5, 0.6) is 0 Å². The lowest BCUT2D eigenvalue weighted by molar-refractivity contribution is 0.565. The molecule has 0 saturated heterocycles. The minimum Gasteiger partial charge on any atom is -0.456 e. The van der Waals surface area contributed by atoms with Crippen molar-refractivity contribution in [2.45, 2.75) is 12.8 Å². The summed E-state index contributed by atoms with van der Waals surface area (Å²) in [6.07, 6.45) is 6.38. The van der Waals surface area contributed by atoms with E-state index in [1.54, 1.807) is 0 Å². The highest BCUT2D eigenvalue weighted by atomic mass is 16.3. The molecule has 0 bridgehead atoms. The molecule has 0 amide bonds. The number of benzene rings is 7. The average molecular weight is 575 g/mol. The van der Waals surface area contributed by atoms with E-state index in [-0.39, 0.29) is 0 Å². The van der Waals surface area contributed by atoms with Crippen molar-refractivity contribution in [1.82, 2.24) is 0 Å². The van der Waals surface area contributed by atoms with Crippen molar-refractivity contribution in [2.75, 3.05) is 0 Å². The molecule has 212 valence electrons. The summed E-state index contributed by atoms with van der Waals surface area (Å²) in [6.45, 7) is 0. The number of rotatable bonds is 4. The third kappa shape index (κ3) is 4.16. The number of allylic oxidation sites excluding steroid dienone is 1. The van der Waals surface area contributed by atoms with Gasteiger partial charge in [0.2, 0.25) is 0 Å². The molecule has 0 radical (unpaired) electrons. The molecule has 0 aliphatic heterocycles. The lowest BCUT2D eigenvalue weighted by atomic mass is 9.84. The third-order valence-corrected chi connectivity index (χ3v) is 9.36. The molecule has 1 heterocycles. The van der Waals surface area contributed by atoms with Crippen molar-refractivity contribution in [3.05, 3.63) is 163 Å². The van der Waals surface area contributed by atoms with Gasteiger partial charge in [0.25, 0.3) is 0 Å². The molecule has 0 unspecified atom stereocenters. The van der Waals surface area contributed by atoms with Gasteiger partial charge in [0.15, 0.2) is 0 Å². The molecule has 1 heteroatoms. The van der Waals surface area contributed by atoms with Crippen molar-refractivity contribution in [3.63, 3.8) is 0 Å². The Morgan fingerprint density at radius 3 is 1.67 bits per heavy atom. The van der Waals surface area contributed by atoms with Crippen LogP contribution in [0, 0.1) is 0 Å². The second kappa shape index (κ2) is 10.5. The van der Waals surface area contributed by atoms with Gasteiger partial charge in [-0.1, -0.05) is 152 Å².